The lowest BCUT2D eigenvalue weighted by Crippen LogP contribution is -2.40. The number of nitrogens with one attached hydrogen (secondary N) is 3. The van der Waals surface area contributed by atoms with Crippen LogP contribution < -0.4 is 21.9 Å². The Morgan fingerprint density at radius 1 is 1.42 bits per heavy atom. The van der Waals surface area contributed by atoms with E-state index < -0.39 is 5.91 Å². The molecule has 0 aromatic carbocycles. The second-order valence-corrected chi connectivity index (χ2v) is 4.42. The molecule has 2 amide bonds. The van der Waals surface area contributed by atoms with Crippen molar-refractivity contribution in [3.8, 4) is 0 Å². The van der Waals surface area contributed by atoms with Crippen molar-refractivity contribution in [1.82, 2.24) is 15.6 Å². The monoisotopic (exact) mass is 265 g/mol. The molecule has 104 valence electrons. The van der Waals surface area contributed by atoms with E-state index in [0.717, 1.165) is 5.69 Å². The highest BCUT2D eigenvalue weighted by molar-refractivity contribution is 6.00. The van der Waals surface area contributed by atoms with Gasteiger partial charge in [-0.15, -0.1) is 0 Å². The van der Waals surface area contributed by atoms with Gasteiger partial charge in [-0.1, -0.05) is 0 Å². The molecule has 0 aliphatic rings. The summed E-state index contributed by atoms with van der Waals surface area (Å²) in [5.74, 6) is 4.69. The summed E-state index contributed by atoms with van der Waals surface area (Å²) < 4.78 is 0. The van der Waals surface area contributed by atoms with E-state index in [1.807, 2.05) is 13.8 Å². The van der Waals surface area contributed by atoms with Gasteiger partial charge in [0.1, 0.15) is 0 Å². The zero-order valence-corrected chi connectivity index (χ0v) is 11.3. The first-order chi connectivity index (χ1) is 8.93. The molecule has 0 bridgehead atoms. The molecule has 0 aliphatic carbocycles. The summed E-state index contributed by atoms with van der Waals surface area (Å²) in [6.07, 6.45) is 1.42. The summed E-state index contributed by atoms with van der Waals surface area (Å²) in [6, 6.07) is 1.69. The molecule has 0 fully saturated rings. The second kappa shape index (κ2) is 6.69. The zero-order chi connectivity index (χ0) is 14.4. The highest BCUT2D eigenvalue weighted by Crippen LogP contribution is 2.13. The van der Waals surface area contributed by atoms with E-state index >= 15 is 0 Å². The predicted octanol–water partition coefficient (Wildman–Crippen LogP) is -0.0700. The van der Waals surface area contributed by atoms with Gasteiger partial charge in [-0.25, -0.2) is 0 Å². The van der Waals surface area contributed by atoms with Gasteiger partial charge in [0.05, 0.1) is 17.8 Å². The van der Waals surface area contributed by atoms with Gasteiger partial charge in [0.25, 0.3) is 5.91 Å². The van der Waals surface area contributed by atoms with Crippen molar-refractivity contribution in [2.75, 3.05) is 12.0 Å². The molecule has 1 aromatic rings. The van der Waals surface area contributed by atoms with Crippen LogP contribution in [0, 0.1) is 6.92 Å². The summed E-state index contributed by atoms with van der Waals surface area (Å²) in [5, 5.41) is 5.19. The molecule has 7 heteroatoms. The van der Waals surface area contributed by atoms with Gasteiger partial charge in [0, 0.05) is 17.9 Å². The average Bonchev–Trinajstić information content (AvgIpc) is 2.34. The Labute approximate surface area is 111 Å². The Morgan fingerprint density at radius 3 is 2.68 bits per heavy atom. The molecule has 19 heavy (non-hydrogen) atoms. The minimum Gasteiger partial charge on any atom is -0.352 e. The summed E-state index contributed by atoms with van der Waals surface area (Å²) in [5.41, 5.74) is 3.94. The summed E-state index contributed by atoms with van der Waals surface area (Å²) in [4.78, 5) is 27.3. The van der Waals surface area contributed by atoms with Gasteiger partial charge in [0.2, 0.25) is 5.91 Å². The summed E-state index contributed by atoms with van der Waals surface area (Å²) in [7, 11) is 0. The Balaban J connectivity index is 2.66. The molecule has 5 N–H and O–H groups in total. The van der Waals surface area contributed by atoms with Crippen LogP contribution in [-0.4, -0.2) is 29.4 Å². The number of aryl methyl sites for hydroxylation is 1. The maximum atomic E-state index is 11.9. The number of carbonyl (C=O) groups excluding carboxylic acids is 2. The lowest BCUT2D eigenvalue weighted by Gasteiger charge is -2.11. The molecule has 0 unspecified atom stereocenters. The first-order valence-electron chi connectivity index (χ1n) is 5.95. The van der Waals surface area contributed by atoms with Gasteiger partial charge >= 0.3 is 0 Å². The van der Waals surface area contributed by atoms with Crippen LogP contribution in [-0.2, 0) is 4.79 Å². The lowest BCUT2D eigenvalue weighted by atomic mass is 10.2. The maximum Gasteiger partial charge on any atom is 0.255 e. The number of nitrogens with two attached hydrogens (primary N) is 1. The Hall–Kier alpha value is -2.15. The van der Waals surface area contributed by atoms with E-state index in [9.17, 15) is 9.59 Å². The molecule has 0 radical (unpaired) electrons. The van der Waals surface area contributed by atoms with Crippen LogP contribution in [0.5, 0.6) is 0 Å². The van der Waals surface area contributed by atoms with E-state index in [2.05, 4.69) is 21.0 Å². The molecule has 1 rings (SSSR count). The molecule has 7 nitrogen and oxygen atoms in total. The van der Waals surface area contributed by atoms with E-state index in [-0.39, 0.29) is 18.5 Å². The molecular weight excluding hydrogens is 246 g/mol. The fourth-order valence-electron chi connectivity index (χ4n) is 1.49. The van der Waals surface area contributed by atoms with Crippen LogP contribution in [0.4, 0.5) is 5.69 Å². The molecule has 0 atom stereocenters. The van der Waals surface area contributed by atoms with Crippen molar-refractivity contribution in [2.24, 2.45) is 5.84 Å². The minimum atomic E-state index is -0.403. The topological polar surface area (TPSA) is 109 Å². The first-order valence-corrected chi connectivity index (χ1v) is 5.95. The number of hydrazine groups is 1. The molecule has 0 aliphatic heterocycles. The third kappa shape index (κ3) is 4.55. The largest absolute Gasteiger partial charge is 0.352 e. The quantitative estimate of drug-likeness (QED) is 0.440. The van der Waals surface area contributed by atoms with Gasteiger partial charge in [-0.3, -0.25) is 20.4 Å². The standard InChI is InChI=1S/C12H19N5O2/c1-7(2)16-11(18)6-15-12(19)9-5-14-8(3)4-10(9)17-13/h4-5,7H,6,13H2,1-3H3,(H,14,17)(H,15,19)(H,16,18). The van der Waals surface area contributed by atoms with Crippen LogP contribution in [0.25, 0.3) is 0 Å². The van der Waals surface area contributed by atoms with Crippen LogP contribution in [0.1, 0.15) is 29.9 Å². The lowest BCUT2D eigenvalue weighted by molar-refractivity contribution is -0.120. The molecule has 1 aromatic heterocycles. The number of anilines is 1. The molecule has 0 spiro atoms. The van der Waals surface area contributed by atoms with Gasteiger partial charge in [-0.2, -0.15) is 0 Å². The van der Waals surface area contributed by atoms with E-state index in [0.29, 0.717) is 11.3 Å². The van der Waals surface area contributed by atoms with Crippen molar-refractivity contribution in [3.05, 3.63) is 23.5 Å². The maximum absolute atomic E-state index is 11.9. The van der Waals surface area contributed by atoms with Crippen LogP contribution in [0.3, 0.4) is 0 Å². The summed E-state index contributed by atoms with van der Waals surface area (Å²) >= 11 is 0. The fraction of sp³-hybridized carbons (Fsp3) is 0.417. The number of carbonyl (C=O) groups is 2. The van der Waals surface area contributed by atoms with Crippen LogP contribution in [0.15, 0.2) is 12.3 Å². The normalized spacial score (nSPS) is 10.2. The van der Waals surface area contributed by atoms with E-state index in [1.54, 1.807) is 13.0 Å². The smallest absolute Gasteiger partial charge is 0.255 e. The zero-order valence-electron chi connectivity index (χ0n) is 11.3. The summed E-state index contributed by atoms with van der Waals surface area (Å²) in [6.45, 7) is 5.40. The number of nitrogens with zero attached hydrogens (tertiary/aromatic N) is 1. The van der Waals surface area contributed by atoms with Gasteiger partial charge in [0.15, 0.2) is 0 Å². The van der Waals surface area contributed by atoms with Crippen molar-refractivity contribution < 1.29 is 9.59 Å². The molecule has 0 saturated carbocycles. The third-order valence-electron chi connectivity index (χ3n) is 2.30. The first kappa shape index (κ1) is 14.9. The van der Waals surface area contributed by atoms with Crippen LogP contribution in [0.2, 0.25) is 0 Å². The SMILES string of the molecule is Cc1cc(NN)c(C(=O)NCC(=O)NC(C)C)cn1. The number of pyridine rings is 1. The molecule has 1 heterocycles. The number of hydrogen-bond acceptors (Lipinski definition) is 5. The van der Waals surface area contributed by atoms with Gasteiger partial charge in [-0.05, 0) is 26.8 Å². The second-order valence-electron chi connectivity index (χ2n) is 4.42. The van der Waals surface area contributed by atoms with E-state index in [1.165, 1.54) is 6.20 Å². The predicted molar refractivity (Wildman–Crippen MR) is 72.4 cm³/mol. The fourth-order valence-corrected chi connectivity index (χ4v) is 1.49. The minimum absolute atomic E-state index is 0.0340. The Morgan fingerprint density at radius 2 is 2.11 bits per heavy atom. The molecule has 0 saturated heterocycles. The highest BCUT2D eigenvalue weighted by Gasteiger charge is 2.13. The average molecular weight is 265 g/mol. The number of amides is 2. The number of rotatable bonds is 5. The third-order valence-corrected chi connectivity index (χ3v) is 2.30. The Kier molecular flexibility index (Phi) is 5.25. The number of nitrogen functional groups attached to an aromatic ring is 1. The van der Waals surface area contributed by atoms with Crippen LogP contribution >= 0.6 is 0 Å². The highest BCUT2D eigenvalue weighted by atomic mass is 16.2. The van der Waals surface area contributed by atoms with E-state index in [4.69, 9.17) is 5.84 Å². The molecular formula is C12H19N5O2. The van der Waals surface area contributed by atoms with Crippen molar-refractivity contribution >= 4 is 17.5 Å². The number of hydrogen-bond donors (Lipinski definition) is 4. The van der Waals surface area contributed by atoms with Gasteiger partial charge < -0.3 is 16.1 Å². The Bertz CT molecular complexity index is 473. The van der Waals surface area contributed by atoms with Crippen molar-refractivity contribution in [3.63, 3.8) is 0 Å². The van der Waals surface area contributed by atoms with Crippen molar-refractivity contribution in [1.29, 1.82) is 0 Å². The number of aromatic nitrogens is 1. The van der Waals surface area contributed by atoms with Crippen molar-refractivity contribution in [2.45, 2.75) is 26.8 Å².